The van der Waals surface area contributed by atoms with Crippen LogP contribution >= 0.6 is 11.6 Å². The fraction of sp³-hybridized carbons (Fsp3) is 0.214. The van der Waals surface area contributed by atoms with Crippen molar-refractivity contribution in [2.75, 3.05) is 11.5 Å². The molecule has 3 atom stereocenters. The average Bonchev–Trinajstić information content (AvgIpc) is 3.45. The number of amides is 2. The fourth-order valence-corrected chi connectivity index (χ4v) is 5.71. The maximum Gasteiger partial charge on any atom is 0.241 e. The molecular formula is C28H20ClNO6. The second-order valence-corrected chi connectivity index (χ2v) is 9.41. The van der Waals surface area contributed by atoms with Crippen LogP contribution in [0, 0.1) is 11.8 Å². The molecule has 8 heteroatoms. The third kappa shape index (κ3) is 2.96. The van der Waals surface area contributed by atoms with Crippen LogP contribution in [0.2, 0.25) is 5.02 Å². The number of hydrogen-bond donors (Lipinski definition) is 0. The summed E-state index contributed by atoms with van der Waals surface area (Å²) in [6.45, 7) is 2.32. The van der Waals surface area contributed by atoms with Gasteiger partial charge in [-0.25, -0.2) is 4.90 Å². The van der Waals surface area contributed by atoms with Crippen LogP contribution in [0.15, 0.2) is 72.8 Å². The van der Waals surface area contributed by atoms with Gasteiger partial charge in [0, 0.05) is 16.1 Å². The molecule has 2 fully saturated rings. The molecule has 3 aliphatic rings. The standard InChI is InChI=1S/C28H20ClNO6/c1-2-35-18-13-11-17(12-14-18)30-26(33)21-22(27(30)34)28(36-23(21)15-7-9-16(29)10-8-15)24(31)19-5-3-4-6-20(19)25(28)32/h3-14,21-23H,2H2,1H3. The van der Waals surface area contributed by atoms with Gasteiger partial charge in [0.1, 0.15) is 5.75 Å². The number of carbonyl (C=O) groups is 4. The van der Waals surface area contributed by atoms with Gasteiger partial charge < -0.3 is 9.47 Å². The summed E-state index contributed by atoms with van der Waals surface area (Å²) < 4.78 is 11.7. The SMILES string of the molecule is CCOc1ccc(N2C(=O)C3C(c4ccc(Cl)cc4)OC4(C(=O)c5ccccc5C4=O)C3C2=O)cc1. The zero-order valence-electron chi connectivity index (χ0n) is 19.1. The van der Waals surface area contributed by atoms with Crippen molar-refractivity contribution in [2.24, 2.45) is 11.8 Å². The van der Waals surface area contributed by atoms with E-state index < -0.39 is 46.9 Å². The number of imide groups is 1. The molecule has 6 rings (SSSR count). The number of benzene rings is 3. The molecule has 180 valence electrons. The number of anilines is 1. The van der Waals surface area contributed by atoms with Crippen LogP contribution in [0.1, 0.15) is 39.3 Å². The first-order chi connectivity index (χ1) is 17.4. The van der Waals surface area contributed by atoms with Crippen molar-refractivity contribution in [1.29, 1.82) is 0 Å². The zero-order chi connectivity index (χ0) is 25.2. The molecule has 2 saturated heterocycles. The second-order valence-electron chi connectivity index (χ2n) is 8.97. The molecule has 0 aromatic heterocycles. The summed E-state index contributed by atoms with van der Waals surface area (Å²) in [6, 6.07) is 19.6. The van der Waals surface area contributed by atoms with E-state index in [0.29, 0.717) is 28.6 Å². The zero-order valence-corrected chi connectivity index (χ0v) is 19.9. The quantitative estimate of drug-likeness (QED) is 0.388. The monoisotopic (exact) mass is 501 g/mol. The topological polar surface area (TPSA) is 90.0 Å². The van der Waals surface area contributed by atoms with Gasteiger partial charge in [0.25, 0.3) is 0 Å². The number of carbonyl (C=O) groups excluding carboxylic acids is 4. The smallest absolute Gasteiger partial charge is 0.241 e. The molecule has 3 unspecified atom stereocenters. The lowest BCUT2D eigenvalue weighted by atomic mass is 9.77. The number of ketones is 2. The van der Waals surface area contributed by atoms with Crippen LogP contribution in [0.4, 0.5) is 5.69 Å². The first-order valence-electron chi connectivity index (χ1n) is 11.6. The minimum Gasteiger partial charge on any atom is -0.494 e. The molecule has 3 aromatic rings. The molecule has 0 radical (unpaired) electrons. The van der Waals surface area contributed by atoms with Crippen LogP contribution in [0.25, 0.3) is 0 Å². The molecule has 1 spiro atoms. The predicted molar refractivity (Wildman–Crippen MR) is 130 cm³/mol. The number of rotatable bonds is 4. The van der Waals surface area contributed by atoms with Crippen molar-refractivity contribution in [3.63, 3.8) is 0 Å². The minimum atomic E-state index is -2.11. The minimum absolute atomic E-state index is 0.192. The van der Waals surface area contributed by atoms with E-state index >= 15 is 0 Å². The highest BCUT2D eigenvalue weighted by atomic mass is 35.5. The average molecular weight is 502 g/mol. The number of fused-ring (bicyclic) bond motifs is 3. The van der Waals surface area contributed by atoms with E-state index in [9.17, 15) is 19.2 Å². The molecular weight excluding hydrogens is 482 g/mol. The molecule has 1 aliphatic carbocycles. The van der Waals surface area contributed by atoms with Crippen molar-refractivity contribution >= 4 is 40.7 Å². The summed E-state index contributed by atoms with van der Waals surface area (Å²) in [5.41, 5.74) is -0.831. The first kappa shape index (κ1) is 22.6. The lowest BCUT2D eigenvalue weighted by Gasteiger charge is -2.27. The van der Waals surface area contributed by atoms with Gasteiger partial charge in [-0.05, 0) is 48.9 Å². The van der Waals surface area contributed by atoms with Crippen LogP contribution in [0.3, 0.4) is 0 Å². The number of halogens is 1. The van der Waals surface area contributed by atoms with Gasteiger partial charge in [-0.2, -0.15) is 0 Å². The van der Waals surface area contributed by atoms with Crippen molar-refractivity contribution in [3.05, 3.63) is 94.5 Å². The molecule has 2 aliphatic heterocycles. The Morgan fingerprint density at radius 3 is 2.06 bits per heavy atom. The third-order valence-corrected chi connectivity index (χ3v) is 7.38. The van der Waals surface area contributed by atoms with Gasteiger partial charge >= 0.3 is 0 Å². The number of hydrogen-bond acceptors (Lipinski definition) is 6. The van der Waals surface area contributed by atoms with E-state index in [0.717, 1.165) is 4.90 Å². The lowest BCUT2D eigenvalue weighted by Crippen LogP contribution is -2.51. The summed E-state index contributed by atoms with van der Waals surface area (Å²) in [7, 11) is 0. The van der Waals surface area contributed by atoms with Crippen LogP contribution in [0.5, 0.6) is 5.75 Å². The van der Waals surface area contributed by atoms with Crippen LogP contribution in [-0.2, 0) is 14.3 Å². The Bertz CT molecular complexity index is 1400. The van der Waals surface area contributed by atoms with Gasteiger partial charge in [-0.1, -0.05) is 48.0 Å². The summed E-state index contributed by atoms with van der Waals surface area (Å²) in [5, 5.41) is 0.480. The first-order valence-corrected chi connectivity index (χ1v) is 12.0. The summed E-state index contributed by atoms with van der Waals surface area (Å²) in [6.07, 6.45) is -0.987. The molecule has 2 amide bonds. The molecule has 7 nitrogen and oxygen atoms in total. The molecule has 2 heterocycles. The van der Waals surface area contributed by atoms with Crippen molar-refractivity contribution in [2.45, 2.75) is 18.6 Å². The maximum atomic E-state index is 13.9. The summed E-state index contributed by atoms with van der Waals surface area (Å²) in [4.78, 5) is 56.3. The highest BCUT2D eigenvalue weighted by Crippen LogP contribution is 2.57. The van der Waals surface area contributed by atoms with Crippen molar-refractivity contribution in [3.8, 4) is 5.75 Å². The normalized spacial score (nSPS) is 23.9. The van der Waals surface area contributed by atoms with E-state index in [2.05, 4.69) is 0 Å². The number of Topliss-reactive ketones (excluding diaryl/α,β-unsaturated/α-hetero) is 2. The largest absolute Gasteiger partial charge is 0.494 e. The number of ether oxygens (including phenoxy) is 2. The number of nitrogens with zero attached hydrogens (tertiary/aromatic N) is 1. The summed E-state index contributed by atoms with van der Waals surface area (Å²) >= 11 is 6.06. The van der Waals surface area contributed by atoms with Gasteiger partial charge in [-0.3, -0.25) is 19.2 Å². The Labute approximate surface area is 211 Å². The highest BCUT2D eigenvalue weighted by Gasteiger charge is 2.74. The highest BCUT2D eigenvalue weighted by molar-refractivity contribution is 6.37. The molecule has 0 bridgehead atoms. The molecule has 0 N–H and O–H groups in total. The van der Waals surface area contributed by atoms with Gasteiger partial charge in [0.05, 0.1) is 30.2 Å². The maximum absolute atomic E-state index is 13.9. The molecule has 3 aromatic carbocycles. The second kappa shape index (κ2) is 8.11. The van der Waals surface area contributed by atoms with Gasteiger partial charge in [-0.15, -0.1) is 0 Å². The Kier molecular flexibility index (Phi) is 5.10. The van der Waals surface area contributed by atoms with E-state index in [4.69, 9.17) is 21.1 Å². The van der Waals surface area contributed by atoms with E-state index in [1.54, 1.807) is 72.8 Å². The molecule has 36 heavy (non-hydrogen) atoms. The van der Waals surface area contributed by atoms with Crippen LogP contribution < -0.4 is 9.64 Å². The third-order valence-electron chi connectivity index (χ3n) is 7.12. The summed E-state index contributed by atoms with van der Waals surface area (Å²) in [5.74, 6) is -4.12. The van der Waals surface area contributed by atoms with Gasteiger partial charge in [0.2, 0.25) is 29.0 Å². The lowest BCUT2D eigenvalue weighted by molar-refractivity contribution is -0.127. The van der Waals surface area contributed by atoms with E-state index in [1.165, 1.54) is 0 Å². The van der Waals surface area contributed by atoms with E-state index in [1.807, 2.05) is 6.92 Å². The Morgan fingerprint density at radius 2 is 1.47 bits per heavy atom. The Morgan fingerprint density at radius 1 is 0.861 bits per heavy atom. The van der Waals surface area contributed by atoms with Crippen molar-refractivity contribution in [1.82, 2.24) is 0 Å². The van der Waals surface area contributed by atoms with Crippen molar-refractivity contribution < 1.29 is 28.7 Å². The fourth-order valence-electron chi connectivity index (χ4n) is 5.58. The Hall–Kier alpha value is -3.81. The predicted octanol–water partition coefficient (Wildman–Crippen LogP) is 4.43. The van der Waals surface area contributed by atoms with Crippen LogP contribution in [-0.4, -0.2) is 35.6 Å². The molecule has 0 saturated carbocycles. The Balaban J connectivity index is 1.49. The van der Waals surface area contributed by atoms with Gasteiger partial charge in [0.15, 0.2) is 0 Å². The van der Waals surface area contributed by atoms with E-state index in [-0.39, 0.29) is 11.1 Å².